The molecule has 0 amide bonds. The van der Waals surface area contributed by atoms with E-state index in [4.69, 9.17) is 4.74 Å². The highest BCUT2D eigenvalue weighted by Gasteiger charge is 2.55. The Kier molecular flexibility index (Phi) is 17.1. The molecule has 2 saturated carbocycles. The summed E-state index contributed by atoms with van der Waals surface area (Å²) in [4.78, 5) is 28.9. The maximum Gasteiger partial charge on any atom is 0.271 e. The number of ether oxygens (including phenoxy) is 1. The molecule has 0 saturated heterocycles. The first-order chi connectivity index (χ1) is 45.3. The normalized spacial score (nSPS) is 19.0. The van der Waals surface area contributed by atoms with Gasteiger partial charge in [0.2, 0.25) is 11.4 Å². The van der Waals surface area contributed by atoms with E-state index >= 15 is 0 Å². The van der Waals surface area contributed by atoms with Gasteiger partial charge in [0.1, 0.15) is 0 Å². The molecule has 468 valence electrons. The highest BCUT2D eigenvalue weighted by Crippen LogP contribution is 2.60. The summed E-state index contributed by atoms with van der Waals surface area (Å²) in [6.45, 7) is 0.475. The van der Waals surface area contributed by atoms with Crippen molar-refractivity contribution in [1.29, 1.82) is 0 Å². The Morgan fingerprint density at radius 1 is 0.452 bits per heavy atom. The maximum absolute atomic E-state index is 12.4. The van der Waals surface area contributed by atoms with E-state index in [-0.39, 0.29) is 45.5 Å². The van der Waals surface area contributed by atoms with Crippen molar-refractivity contribution in [2.24, 2.45) is 0 Å². The number of anilines is 2. The molecule has 8 aromatic carbocycles. The fraction of sp³-hybridized carbons (Fsp3) is 0.275. The molecular weight excluding hydrogens is 1280 g/mol. The third-order valence-corrected chi connectivity index (χ3v) is 22.4. The van der Waals surface area contributed by atoms with E-state index in [1.165, 1.54) is 33.4 Å². The predicted molar refractivity (Wildman–Crippen MR) is 380 cm³/mol. The van der Waals surface area contributed by atoms with Gasteiger partial charge in [0.25, 0.3) is 24.8 Å². The minimum atomic E-state index is -0.550. The van der Waals surface area contributed by atoms with Crippen LogP contribution in [0.15, 0.2) is 251 Å². The number of hydrogen-bond donors (Lipinski definition) is 0. The average molecular weight is 1360 g/mol. The van der Waals surface area contributed by atoms with Crippen LogP contribution in [0.1, 0.15) is 109 Å². The lowest BCUT2D eigenvalue weighted by molar-refractivity contribution is -0.551. The van der Waals surface area contributed by atoms with Gasteiger partial charge >= 0.3 is 0 Å². The monoisotopic (exact) mass is 1360 g/mol. The van der Waals surface area contributed by atoms with Crippen molar-refractivity contribution >= 4 is 77.4 Å². The van der Waals surface area contributed by atoms with Gasteiger partial charge < -0.3 is 9.80 Å². The second kappa shape index (κ2) is 25.7. The second-order valence-corrected chi connectivity index (χ2v) is 28.0. The summed E-state index contributed by atoms with van der Waals surface area (Å²) in [5.41, 5.74) is 16.5. The number of non-ortho nitro benzene ring substituents is 2. The molecule has 4 heterocycles. The molecule has 0 N–H and O–H groups in total. The van der Waals surface area contributed by atoms with Gasteiger partial charge in [-0.1, -0.05) is 208 Å². The summed E-state index contributed by atoms with van der Waals surface area (Å²) in [6.07, 6.45) is 26.7. The van der Waals surface area contributed by atoms with E-state index in [0.717, 1.165) is 156 Å². The smallest absolute Gasteiger partial charge is 0.271 e. The molecule has 13 heteroatoms. The molecule has 6 aliphatic rings. The lowest BCUT2D eigenvalue weighted by Crippen LogP contribution is -2.40. The number of nitrogens with zero attached hydrogens (tertiary/aromatic N) is 6. The van der Waals surface area contributed by atoms with Crippen molar-refractivity contribution in [2.75, 3.05) is 37.4 Å². The standard InChI is InChI=1S/C80H76Br2N6O5/c1-83-71(77(43-21-7-22-44-77)65-47-61(87(89)90)49-67(81)75(65)83)39-25-41-73-79(51-57-27-9-3-10-28-57,52-58-29-11-4-12-30-58)63-35-17-19-37-69(63)85(73)55-93-56-86-70-38-20-18-36-64(70)80(53-59-31-13-5-14-32-59,54-60-33-15-6-16-34-60)74(86)42-26-40-72-78(45-23-8-24-46-78)66-48-62(88(91)92)50-68(82)76(66)84(72)2/h3-6,9-20,25-42,47-50H,7-8,21-24,43-46,51-56H2,1-2H3/q+2. The van der Waals surface area contributed by atoms with Gasteiger partial charge in [0.05, 0.1) is 32.1 Å². The Bertz CT molecular complexity index is 4030. The summed E-state index contributed by atoms with van der Waals surface area (Å²) >= 11 is 7.63. The molecule has 2 fully saturated rings. The molecule has 0 radical (unpaired) electrons. The van der Waals surface area contributed by atoms with Gasteiger partial charge in [-0.3, -0.25) is 25.0 Å². The minimum Gasteiger partial charge on any atom is -0.346 e. The van der Waals surface area contributed by atoms with Gasteiger partial charge in [0, 0.05) is 105 Å². The molecule has 0 bridgehead atoms. The van der Waals surface area contributed by atoms with E-state index in [9.17, 15) is 20.2 Å². The Balaban J connectivity index is 0.933. The van der Waals surface area contributed by atoms with Crippen LogP contribution < -0.4 is 9.80 Å². The number of fused-ring (bicyclic) bond motifs is 6. The van der Waals surface area contributed by atoms with Crippen molar-refractivity contribution in [2.45, 2.75) is 112 Å². The molecule has 4 aliphatic heterocycles. The number of nitro benzene ring substituents is 2. The van der Waals surface area contributed by atoms with Gasteiger partial charge in [-0.15, -0.1) is 0 Å². The maximum atomic E-state index is 12.4. The quantitative estimate of drug-likeness (QED) is 0.0478. The largest absolute Gasteiger partial charge is 0.346 e. The Morgan fingerprint density at radius 3 is 1.11 bits per heavy atom. The van der Waals surface area contributed by atoms with Crippen LogP contribution in [-0.2, 0) is 52.1 Å². The summed E-state index contributed by atoms with van der Waals surface area (Å²) < 4.78 is 13.8. The van der Waals surface area contributed by atoms with Crippen LogP contribution >= 0.6 is 31.9 Å². The Labute approximate surface area is 562 Å². The number of rotatable bonds is 18. The molecule has 0 atom stereocenters. The topological polar surface area (TPSA) is 108 Å². The van der Waals surface area contributed by atoms with Crippen LogP contribution in [0.5, 0.6) is 0 Å². The van der Waals surface area contributed by atoms with Crippen molar-refractivity contribution in [3.05, 3.63) is 316 Å². The van der Waals surface area contributed by atoms with E-state index in [1.807, 2.05) is 12.1 Å². The van der Waals surface area contributed by atoms with Crippen LogP contribution in [0, 0.1) is 20.2 Å². The van der Waals surface area contributed by atoms with Crippen molar-refractivity contribution in [3.63, 3.8) is 0 Å². The number of nitro groups is 2. The van der Waals surface area contributed by atoms with Crippen LogP contribution in [0.3, 0.4) is 0 Å². The number of benzene rings is 8. The zero-order valence-corrected chi connectivity index (χ0v) is 55.9. The highest BCUT2D eigenvalue weighted by molar-refractivity contribution is 9.11. The van der Waals surface area contributed by atoms with Gasteiger partial charge in [-0.05, 0) is 129 Å². The van der Waals surface area contributed by atoms with E-state index < -0.39 is 10.8 Å². The average Bonchev–Trinajstić information content (AvgIpc) is 1.60. The Morgan fingerprint density at radius 2 is 0.774 bits per heavy atom. The van der Waals surface area contributed by atoms with Gasteiger partial charge in [-0.2, -0.15) is 9.15 Å². The summed E-state index contributed by atoms with van der Waals surface area (Å²) in [6, 6.07) is 68.2. The van der Waals surface area contributed by atoms with E-state index in [0.29, 0.717) is 0 Å². The van der Waals surface area contributed by atoms with Crippen LogP contribution in [-0.4, -0.2) is 58.0 Å². The third kappa shape index (κ3) is 11.1. The molecule has 8 aromatic rings. The lowest BCUT2D eigenvalue weighted by Gasteiger charge is -2.36. The Hall–Kier alpha value is -8.62. The lowest BCUT2D eigenvalue weighted by atomic mass is 9.68. The fourth-order valence-corrected chi connectivity index (χ4v) is 18.7. The summed E-state index contributed by atoms with van der Waals surface area (Å²) in [5.74, 6) is 0. The number of halogens is 2. The first-order valence-electron chi connectivity index (χ1n) is 32.8. The fourth-order valence-electron chi connectivity index (χ4n) is 17.2. The molecule has 0 aromatic heterocycles. The molecular formula is C80H76Br2N6O5+2. The SMILES string of the molecule is CN1/C(=C/C=C/C2=[N+](COC[N+]3=C(/C=C/C=C4/N(C)c5c(Br)cc([N+](=O)[O-])cc5C45CCCCC5)C(Cc4ccccc4)(Cc4ccccc4)c4ccccc43)c3ccccc3C2(Cc2ccccc2)Cc2ccccc2)C2(CCCCC2)c2cc([N+](=O)[O-])cc(Br)c21. The number of allylic oxidation sites excluding steroid dienone is 8. The van der Waals surface area contributed by atoms with Crippen molar-refractivity contribution < 1.29 is 23.7 Å². The minimum absolute atomic E-state index is 0.104. The zero-order chi connectivity index (χ0) is 63.9. The molecule has 2 aliphatic carbocycles. The number of likely N-dealkylation sites (N-methyl/N-ethyl adjacent to an activating group) is 2. The molecule has 0 unspecified atom stereocenters. The van der Waals surface area contributed by atoms with Gasteiger partial charge in [0.15, 0.2) is 11.4 Å². The van der Waals surface area contributed by atoms with Crippen molar-refractivity contribution in [1.82, 2.24) is 0 Å². The molecule has 93 heavy (non-hydrogen) atoms. The van der Waals surface area contributed by atoms with E-state index in [2.05, 4.69) is 271 Å². The van der Waals surface area contributed by atoms with E-state index in [1.54, 1.807) is 12.1 Å². The summed E-state index contributed by atoms with van der Waals surface area (Å²) in [7, 11) is 4.23. The first kappa shape index (κ1) is 61.9. The van der Waals surface area contributed by atoms with Crippen molar-refractivity contribution in [3.8, 4) is 0 Å². The molecule has 11 nitrogen and oxygen atoms in total. The first-order valence-corrected chi connectivity index (χ1v) is 34.4. The predicted octanol–water partition coefficient (Wildman–Crippen LogP) is 18.9. The van der Waals surface area contributed by atoms with Crippen LogP contribution in [0.2, 0.25) is 0 Å². The number of para-hydroxylation sites is 2. The van der Waals surface area contributed by atoms with Gasteiger partial charge in [-0.25, -0.2) is 0 Å². The molecule has 2 spiro atoms. The van der Waals surface area contributed by atoms with Crippen LogP contribution in [0.4, 0.5) is 34.1 Å². The second-order valence-electron chi connectivity index (χ2n) is 26.3. The summed E-state index contributed by atoms with van der Waals surface area (Å²) in [5, 5.41) is 24.9. The van der Waals surface area contributed by atoms with Crippen LogP contribution in [0.25, 0.3) is 0 Å². The third-order valence-electron chi connectivity index (χ3n) is 21.2. The highest BCUT2D eigenvalue weighted by atomic mass is 79.9. The molecule has 14 rings (SSSR count). The zero-order valence-electron chi connectivity index (χ0n) is 52.7. The number of hydrogen-bond acceptors (Lipinski definition) is 7.